The van der Waals surface area contributed by atoms with E-state index in [0.29, 0.717) is 25.4 Å². The highest BCUT2D eigenvalue weighted by Crippen LogP contribution is 2.31. The minimum atomic E-state index is -1.28. The van der Waals surface area contributed by atoms with E-state index in [1.165, 1.54) is 0 Å². The van der Waals surface area contributed by atoms with E-state index in [2.05, 4.69) is 0 Å². The summed E-state index contributed by atoms with van der Waals surface area (Å²) in [7, 11) is 0. The number of ether oxygens (including phenoxy) is 2. The smallest absolute Gasteiger partial charge is 0.348 e. The van der Waals surface area contributed by atoms with E-state index in [9.17, 15) is 14.7 Å². The molecule has 2 aliphatic heterocycles. The fourth-order valence-corrected chi connectivity index (χ4v) is 3.31. The van der Waals surface area contributed by atoms with Crippen LogP contribution >= 0.6 is 0 Å². The summed E-state index contributed by atoms with van der Waals surface area (Å²) < 4.78 is 11.4. The summed E-state index contributed by atoms with van der Waals surface area (Å²) in [5.74, 6) is -0.420. The zero-order valence-corrected chi connectivity index (χ0v) is 13.9. The third-order valence-corrected chi connectivity index (χ3v) is 4.88. The van der Waals surface area contributed by atoms with Gasteiger partial charge in [-0.1, -0.05) is 18.2 Å². The zero-order valence-electron chi connectivity index (χ0n) is 13.9. The van der Waals surface area contributed by atoms with E-state index in [1.54, 1.807) is 11.0 Å². The number of likely N-dealkylation sites (tertiary alicyclic amines) is 1. The van der Waals surface area contributed by atoms with E-state index in [4.69, 9.17) is 9.47 Å². The molecule has 0 saturated carbocycles. The fraction of sp³-hybridized carbons (Fsp3) is 0.556. The third-order valence-electron chi connectivity index (χ3n) is 4.88. The van der Waals surface area contributed by atoms with Crippen LogP contribution in [0.2, 0.25) is 0 Å². The quantitative estimate of drug-likeness (QED) is 0.912. The van der Waals surface area contributed by atoms with Crippen molar-refractivity contribution in [1.29, 1.82) is 0 Å². The lowest BCUT2D eigenvalue weighted by molar-refractivity contribution is -0.163. The molecule has 0 aliphatic carbocycles. The summed E-state index contributed by atoms with van der Waals surface area (Å²) in [6, 6.07) is 7.39. The van der Waals surface area contributed by atoms with Gasteiger partial charge < -0.3 is 19.5 Å². The molecule has 2 fully saturated rings. The van der Waals surface area contributed by atoms with Crippen LogP contribution in [0.25, 0.3) is 0 Å². The predicted octanol–water partition coefficient (Wildman–Crippen LogP) is 2.00. The fourth-order valence-electron chi connectivity index (χ4n) is 3.31. The van der Waals surface area contributed by atoms with E-state index in [1.807, 2.05) is 25.1 Å². The van der Waals surface area contributed by atoms with Crippen molar-refractivity contribution in [3.63, 3.8) is 0 Å². The molecule has 2 heterocycles. The van der Waals surface area contributed by atoms with Crippen LogP contribution in [0.5, 0.6) is 5.75 Å². The van der Waals surface area contributed by atoms with Crippen LogP contribution in [0.3, 0.4) is 0 Å². The summed E-state index contributed by atoms with van der Waals surface area (Å²) in [4.78, 5) is 26.0. The van der Waals surface area contributed by atoms with Crippen molar-refractivity contribution in [2.75, 3.05) is 19.7 Å². The molecule has 0 unspecified atom stereocenters. The van der Waals surface area contributed by atoms with Crippen LogP contribution in [0.4, 0.5) is 0 Å². The van der Waals surface area contributed by atoms with Gasteiger partial charge in [-0.2, -0.15) is 0 Å². The molecule has 1 aromatic carbocycles. The van der Waals surface area contributed by atoms with Crippen LogP contribution in [-0.4, -0.2) is 53.3 Å². The van der Waals surface area contributed by atoms with Crippen molar-refractivity contribution in [3.8, 4) is 5.75 Å². The topological polar surface area (TPSA) is 76.1 Å². The third kappa shape index (κ3) is 3.24. The van der Waals surface area contributed by atoms with Crippen LogP contribution < -0.4 is 4.74 Å². The number of aryl methyl sites for hydroxylation is 1. The van der Waals surface area contributed by atoms with E-state index in [-0.39, 0.29) is 24.9 Å². The highest BCUT2D eigenvalue weighted by atomic mass is 16.5. The summed E-state index contributed by atoms with van der Waals surface area (Å²) in [5, 5.41) is 9.72. The SMILES string of the molecule is Cc1ccccc1OC1(C(=O)O)CCN(C(=O)[C@@H]2CCCO2)CC1. The molecule has 2 aliphatic rings. The standard InChI is InChI=1S/C18H23NO5/c1-13-5-2-3-6-14(13)24-18(17(21)22)8-10-19(11-9-18)16(20)15-7-4-12-23-15/h2-3,5-6,15H,4,7-12H2,1H3,(H,21,22)/t15-/m0/s1. The molecule has 1 atom stereocenters. The number of carbonyl (C=O) groups excluding carboxylic acids is 1. The first-order valence-electron chi connectivity index (χ1n) is 8.40. The summed E-state index contributed by atoms with van der Waals surface area (Å²) >= 11 is 0. The number of para-hydroxylation sites is 1. The lowest BCUT2D eigenvalue weighted by Gasteiger charge is -2.39. The monoisotopic (exact) mass is 333 g/mol. The number of hydrogen-bond acceptors (Lipinski definition) is 4. The Kier molecular flexibility index (Phi) is 4.76. The Bertz CT molecular complexity index is 616. The minimum Gasteiger partial charge on any atom is -0.478 e. The van der Waals surface area contributed by atoms with Crippen molar-refractivity contribution in [3.05, 3.63) is 29.8 Å². The van der Waals surface area contributed by atoms with Gasteiger partial charge in [0, 0.05) is 32.5 Å². The Hall–Kier alpha value is -2.08. The molecule has 1 aromatic rings. The van der Waals surface area contributed by atoms with Crippen molar-refractivity contribution in [1.82, 2.24) is 4.90 Å². The largest absolute Gasteiger partial charge is 0.478 e. The number of amides is 1. The van der Waals surface area contributed by atoms with Gasteiger partial charge in [0.1, 0.15) is 11.9 Å². The Labute approximate surface area is 141 Å². The number of piperidine rings is 1. The molecular weight excluding hydrogens is 310 g/mol. The van der Waals surface area contributed by atoms with Crippen molar-refractivity contribution in [2.45, 2.75) is 44.3 Å². The van der Waals surface area contributed by atoms with Gasteiger partial charge >= 0.3 is 5.97 Å². The first-order valence-corrected chi connectivity index (χ1v) is 8.40. The molecular formula is C18H23NO5. The molecule has 3 rings (SSSR count). The van der Waals surface area contributed by atoms with Crippen molar-refractivity contribution >= 4 is 11.9 Å². The van der Waals surface area contributed by atoms with Crippen LogP contribution in [0.15, 0.2) is 24.3 Å². The summed E-state index contributed by atoms with van der Waals surface area (Å²) in [5.41, 5.74) is -0.379. The second-order valence-electron chi connectivity index (χ2n) is 6.49. The molecule has 24 heavy (non-hydrogen) atoms. The zero-order chi connectivity index (χ0) is 17.2. The van der Waals surface area contributed by atoms with Crippen LogP contribution in [0, 0.1) is 6.92 Å². The maximum absolute atomic E-state index is 12.4. The molecule has 1 N–H and O–H groups in total. The van der Waals surface area contributed by atoms with E-state index >= 15 is 0 Å². The average Bonchev–Trinajstić information content (AvgIpc) is 3.11. The molecule has 6 heteroatoms. The molecule has 0 aromatic heterocycles. The molecule has 0 spiro atoms. The van der Waals surface area contributed by atoms with E-state index in [0.717, 1.165) is 18.4 Å². The van der Waals surface area contributed by atoms with Gasteiger partial charge in [0.05, 0.1) is 0 Å². The van der Waals surface area contributed by atoms with Crippen molar-refractivity contribution < 1.29 is 24.2 Å². The van der Waals surface area contributed by atoms with Gasteiger partial charge in [0.2, 0.25) is 5.60 Å². The number of aliphatic carboxylic acids is 1. The molecule has 130 valence electrons. The summed E-state index contributed by atoms with van der Waals surface area (Å²) in [6.07, 6.45) is 1.84. The molecule has 0 bridgehead atoms. The van der Waals surface area contributed by atoms with Gasteiger partial charge in [-0.3, -0.25) is 4.79 Å². The first kappa shape index (κ1) is 16.8. The molecule has 6 nitrogen and oxygen atoms in total. The number of carbonyl (C=O) groups is 2. The molecule has 1 amide bonds. The van der Waals surface area contributed by atoms with Gasteiger partial charge in [0.25, 0.3) is 5.91 Å². The highest BCUT2D eigenvalue weighted by molar-refractivity contribution is 5.82. The number of carboxylic acids is 1. The number of benzene rings is 1. The second-order valence-corrected chi connectivity index (χ2v) is 6.49. The van der Waals surface area contributed by atoms with Gasteiger partial charge in [-0.25, -0.2) is 4.79 Å². The van der Waals surface area contributed by atoms with Crippen LogP contribution in [0.1, 0.15) is 31.2 Å². The normalized spacial score (nSPS) is 23.0. The average molecular weight is 333 g/mol. The Morgan fingerprint density at radius 2 is 2.00 bits per heavy atom. The Balaban J connectivity index is 1.69. The van der Waals surface area contributed by atoms with E-state index < -0.39 is 11.6 Å². The Morgan fingerprint density at radius 3 is 2.58 bits per heavy atom. The number of nitrogens with zero attached hydrogens (tertiary/aromatic N) is 1. The van der Waals surface area contributed by atoms with Gasteiger partial charge in [-0.15, -0.1) is 0 Å². The Morgan fingerprint density at radius 1 is 1.29 bits per heavy atom. The highest BCUT2D eigenvalue weighted by Gasteiger charge is 2.46. The maximum Gasteiger partial charge on any atom is 0.348 e. The van der Waals surface area contributed by atoms with Gasteiger partial charge in [-0.05, 0) is 31.4 Å². The molecule has 0 radical (unpaired) electrons. The summed E-state index contributed by atoms with van der Waals surface area (Å²) in [6.45, 7) is 3.26. The van der Waals surface area contributed by atoms with Crippen molar-refractivity contribution in [2.24, 2.45) is 0 Å². The van der Waals surface area contributed by atoms with Gasteiger partial charge in [0.15, 0.2) is 0 Å². The molecule has 2 saturated heterocycles. The first-order chi connectivity index (χ1) is 11.5. The number of carboxylic acid groups (broad SMARTS) is 1. The lowest BCUT2D eigenvalue weighted by atomic mass is 9.90. The second kappa shape index (κ2) is 6.81. The lowest BCUT2D eigenvalue weighted by Crippen LogP contribution is -2.55. The van der Waals surface area contributed by atoms with Crippen LogP contribution in [-0.2, 0) is 14.3 Å². The minimum absolute atomic E-state index is 0.0256. The predicted molar refractivity (Wildman–Crippen MR) is 87.0 cm³/mol. The number of hydrogen-bond donors (Lipinski definition) is 1. The maximum atomic E-state index is 12.4. The number of rotatable bonds is 4.